The lowest BCUT2D eigenvalue weighted by atomic mass is 9.96. The third-order valence-electron chi connectivity index (χ3n) is 6.79. The molecule has 1 amide bonds. The van der Waals surface area contributed by atoms with Gasteiger partial charge in [-0.1, -0.05) is 33.6 Å². The number of hydrogen-bond acceptors (Lipinski definition) is 5. The molecule has 6 heteroatoms. The van der Waals surface area contributed by atoms with Crippen molar-refractivity contribution in [3.05, 3.63) is 16.3 Å². The van der Waals surface area contributed by atoms with Crippen LogP contribution in [0.25, 0.3) is 10.2 Å². The molecule has 3 heterocycles. The van der Waals surface area contributed by atoms with Gasteiger partial charge in [-0.25, -0.2) is 9.97 Å². The molecule has 2 aromatic rings. The van der Waals surface area contributed by atoms with Gasteiger partial charge in [-0.05, 0) is 44.1 Å². The summed E-state index contributed by atoms with van der Waals surface area (Å²) in [6, 6.07) is 0. The maximum Gasteiger partial charge on any atom is 0.222 e. The molecule has 0 N–H and O–H groups in total. The van der Waals surface area contributed by atoms with Crippen molar-refractivity contribution in [2.24, 2.45) is 0 Å². The number of piperazine rings is 1. The average Bonchev–Trinajstić information content (AvgIpc) is 3.16. The van der Waals surface area contributed by atoms with Crippen LogP contribution in [0.4, 0.5) is 5.82 Å². The highest BCUT2D eigenvalue weighted by Crippen LogP contribution is 2.40. The number of unbranched alkanes of at least 4 members (excludes halogenated alkanes) is 2. The summed E-state index contributed by atoms with van der Waals surface area (Å²) in [6.45, 7) is 9.98. The van der Waals surface area contributed by atoms with Gasteiger partial charge < -0.3 is 9.80 Å². The molecule has 1 saturated heterocycles. The number of anilines is 1. The number of rotatable bonds is 7. The van der Waals surface area contributed by atoms with E-state index < -0.39 is 0 Å². The molecule has 0 radical (unpaired) electrons. The van der Waals surface area contributed by atoms with E-state index >= 15 is 0 Å². The van der Waals surface area contributed by atoms with Crippen LogP contribution >= 0.6 is 11.3 Å². The van der Waals surface area contributed by atoms with Crippen LogP contribution in [0.2, 0.25) is 0 Å². The van der Waals surface area contributed by atoms with Crippen LogP contribution in [0.5, 0.6) is 0 Å². The Labute approximate surface area is 184 Å². The summed E-state index contributed by atoms with van der Waals surface area (Å²) in [4.78, 5) is 29.9. The van der Waals surface area contributed by atoms with E-state index in [1.807, 2.05) is 11.3 Å². The second kappa shape index (κ2) is 9.63. The molecule has 2 aliphatic rings. The summed E-state index contributed by atoms with van der Waals surface area (Å²) < 4.78 is 0. The van der Waals surface area contributed by atoms with E-state index in [1.165, 1.54) is 39.9 Å². The number of amides is 1. The first kappa shape index (κ1) is 21.5. The van der Waals surface area contributed by atoms with Crippen molar-refractivity contribution < 1.29 is 4.79 Å². The fourth-order valence-electron chi connectivity index (χ4n) is 4.64. The van der Waals surface area contributed by atoms with Crippen LogP contribution in [-0.4, -0.2) is 47.0 Å². The molecular weight excluding hydrogens is 392 g/mol. The van der Waals surface area contributed by atoms with E-state index in [0.717, 1.165) is 69.9 Å². The zero-order valence-corrected chi connectivity index (χ0v) is 19.7. The summed E-state index contributed by atoms with van der Waals surface area (Å²) in [5.41, 5.74) is 1.50. The first-order valence-corrected chi connectivity index (χ1v) is 12.8. The Kier molecular flexibility index (Phi) is 6.91. The standard InChI is InChI=1S/C24H36N4OS/c1-4-6-7-12-20(29)27-13-15-28(16-14-27)23-21-18-10-8-9-11-19(18)30-24(21)26-22(25-23)17(3)5-2/h17H,4-16H2,1-3H3. The number of fused-ring (bicyclic) bond motifs is 3. The Balaban J connectivity index is 1.59. The number of thiophene rings is 1. The predicted octanol–water partition coefficient (Wildman–Crippen LogP) is 5.31. The molecule has 2 aromatic heterocycles. The van der Waals surface area contributed by atoms with Gasteiger partial charge in [-0.15, -0.1) is 11.3 Å². The summed E-state index contributed by atoms with van der Waals surface area (Å²) in [5.74, 6) is 2.81. The molecule has 1 aliphatic heterocycles. The molecule has 1 unspecified atom stereocenters. The maximum absolute atomic E-state index is 12.5. The van der Waals surface area contributed by atoms with Crippen molar-refractivity contribution in [1.29, 1.82) is 0 Å². The van der Waals surface area contributed by atoms with Crippen LogP contribution in [0.15, 0.2) is 0 Å². The smallest absolute Gasteiger partial charge is 0.222 e. The molecule has 0 aromatic carbocycles. The second-order valence-corrected chi connectivity index (χ2v) is 10.0. The lowest BCUT2D eigenvalue weighted by Crippen LogP contribution is -2.49. The SMILES string of the molecule is CCCCCC(=O)N1CCN(c2nc(C(C)CC)nc3sc4c(c23)CCCC4)CC1. The fourth-order valence-corrected chi connectivity index (χ4v) is 5.90. The average molecular weight is 429 g/mol. The van der Waals surface area contributed by atoms with Gasteiger partial charge in [0, 0.05) is 43.4 Å². The van der Waals surface area contributed by atoms with E-state index in [-0.39, 0.29) is 0 Å². The number of aromatic nitrogens is 2. The number of carbonyl (C=O) groups excluding carboxylic acids is 1. The first-order chi connectivity index (χ1) is 14.6. The van der Waals surface area contributed by atoms with Gasteiger partial charge >= 0.3 is 0 Å². The fraction of sp³-hybridized carbons (Fsp3) is 0.708. The number of carbonyl (C=O) groups is 1. The highest BCUT2D eigenvalue weighted by Gasteiger charge is 2.27. The molecule has 0 bridgehead atoms. The minimum Gasteiger partial charge on any atom is -0.352 e. The number of hydrogen-bond donors (Lipinski definition) is 0. The summed E-state index contributed by atoms with van der Waals surface area (Å²) in [6.07, 6.45) is 9.98. The largest absolute Gasteiger partial charge is 0.352 e. The van der Waals surface area contributed by atoms with Crippen LogP contribution in [-0.2, 0) is 17.6 Å². The van der Waals surface area contributed by atoms with Gasteiger partial charge in [0.25, 0.3) is 0 Å². The molecule has 1 fully saturated rings. The Morgan fingerprint density at radius 3 is 2.57 bits per heavy atom. The minimum absolute atomic E-state index is 0.323. The lowest BCUT2D eigenvalue weighted by molar-refractivity contribution is -0.131. The van der Waals surface area contributed by atoms with Gasteiger partial charge in [0.05, 0.1) is 5.39 Å². The van der Waals surface area contributed by atoms with E-state index in [9.17, 15) is 4.79 Å². The van der Waals surface area contributed by atoms with Crippen LogP contribution in [0, 0.1) is 0 Å². The van der Waals surface area contributed by atoms with Crippen molar-refractivity contribution in [1.82, 2.24) is 14.9 Å². The molecule has 164 valence electrons. The molecule has 30 heavy (non-hydrogen) atoms. The summed E-state index contributed by atoms with van der Waals surface area (Å²) in [7, 11) is 0. The molecule has 0 saturated carbocycles. The monoisotopic (exact) mass is 428 g/mol. The summed E-state index contributed by atoms with van der Waals surface area (Å²) in [5, 5.41) is 1.31. The summed E-state index contributed by atoms with van der Waals surface area (Å²) >= 11 is 1.89. The van der Waals surface area contributed by atoms with Gasteiger partial charge in [-0.3, -0.25) is 4.79 Å². The molecule has 5 nitrogen and oxygen atoms in total. The highest BCUT2D eigenvalue weighted by atomic mass is 32.1. The van der Waals surface area contributed by atoms with Crippen LogP contribution in [0.1, 0.15) is 87.9 Å². The zero-order chi connectivity index (χ0) is 21.1. The van der Waals surface area contributed by atoms with Crippen molar-refractivity contribution in [2.75, 3.05) is 31.1 Å². The van der Waals surface area contributed by atoms with Crippen LogP contribution < -0.4 is 4.90 Å². The van der Waals surface area contributed by atoms with Crippen molar-refractivity contribution in [3.8, 4) is 0 Å². The Morgan fingerprint density at radius 1 is 1.07 bits per heavy atom. The predicted molar refractivity (Wildman–Crippen MR) is 126 cm³/mol. The van der Waals surface area contributed by atoms with E-state index in [2.05, 4.69) is 30.6 Å². The molecule has 1 aliphatic carbocycles. The van der Waals surface area contributed by atoms with Gasteiger partial charge in [0.15, 0.2) is 0 Å². The van der Waals surface area contributed by atoms with Crippen LogP contribution in [0.3, 0.4) is 0 Å². The van der Waals surface area contributed by atoms with E-state index in [4.69, 9.17) is 9.97 Å². The first-order valence-electron chi connectivity index (χ1n) is 12.0. The Hall–Kier alpha value is -1.69. The lowest BCUT2D eigenvalue weighted by Gasteiger charge is -2.36. The van der Waals surface area contributed by atoms with Crippen molar-refractivity contribution in [2.45, 2.75) is 84.5 Å². The molecular formula is C24H36N4OS. The third-order valence-corrected chi connectivity index (χ3v) is 7.98. The second-order valence-electron chi connectivity index (χ2n) is 8.93. The minimum atomic E-state index is 0.323. The van der Waals surface area contributed by atoms with Gasteiger partial charge in [-0.2, -0.15) is 0 Å². The topological polar surface area (TPSA) is 49.3 Å². The quantitative estimate of drug-likeness (QED) is 0.561. The number of aryl methyl sites for hydroxylation is 2. The number of nitrogens with zero attached hydrogens (tertiary/aromatic N) is 4. The van der Waals surface area contributed by atoms with Gasteiger partial charge in [0.2, 0.25) is 5.91 Å². The highest BCUT2D eigenvalue weighted by molar-refractivity contribution is 7.19. The normalized spacial score (nSPS) is 18.0. The van der Waals surface area contributed by atoms with E-state index in [0.29, 0.717) is 18.2 Å². The Bertz CT molecular complexity index is 885. The van der Waals surface area contributed by atoms with Gasteiger partial charge in [0.1, 0.15) is 16.5 Å². The van der Waals surface area contributed by atoms with Crippen molar-refractivity contribution >= 4 is 33.3 Å². The zero-order valence-electron chi connectivity index (χ0n) is 18.9. The molecule has 4 rings (SSSR count). The molecule has 0 spiro atoms. The third kappa shape index (κ3) is 4.34. The van der Waals surface area contributed by atoms with Crippen molar-refractivity contribution in [3.63, 3.8) is 0 Å². The van der Waals surface area contributed by atoms with E-state index in [1.54, 1.807) is 0 Å². The molecule has 1 atom stereocenters. The Morgan fingerprint density at radius 2 is 1.83 bits per heavy atom. The maximum atomic E-state index is 12.5.